The summed E-state index contributed by atoms with van der Waals surface area (Å²) >= 11 is 1.74. The van der Waals surface area contributed by atoms with Gasteiger partial charge in [0.25, 0.3) is 0 Å². The molecule has 2 N–H and O–H groups in total. The van der Waals surface area contributed by atoms with Crippen molar-refractivity contribution in [3.05, 3.63) is 43.0 Å². The summed E-state index contributed by atoms with van der Waals surface area (Å²) in [6, 6.07) is 7.59. The topological polar surface area (TPSA) is 59.0 Å². The van der Waals surface area contributed by atoms with Crippen LogP contribution in [0.4, 0.5) is 5.69 Å². The lowest BCUT2D eigenvalue weighted by Crippen LogP contribution is -2.37. The number of aromatic nitrogens is 2. The fourth-order valence-corrected chi connectivity index (χ4v) is 2.93. The zero-order chi connectivity index (χ0) is 13.1. The number of carbonyl (C=O) groups excluding carboxylic acids is 1. The van der Waals surface area contributed by atoms with Gasteiger partial charge in [-0.1, -0.05) is 12.1 Å². The van der Waals surface area contributed by atoms with E-state index in [1.165, 1.54) is 0 Å². The first-order valence-corrected chi connectivity index (χ1v) is 7.19. The number of anilines is 1. The summed E-state index contributed by atoms with van der Waals surface area (Å²) in [6.45, 7) is 0. The number of benzene rings is 1. The van der Waals surface area contributed by atoms with Crippen LogP contribution in [0.2, 0.25) is 0 Å². The maximum absolute atomic E-state index is 12.1. The number of imidazole rings is 1. The Kier molecular flexibility index (Phi) is 3.52. The van der Waals surface area contributed by atoms with E-state index in [1.54, 1.807) is 24.3 Å². The van der Waals surface area contributed by atoms with Gasteiger partial charge in [0.15, 0.2) is 0 Å². The Morgan fingerprint density at radius 3 is 3.11 bits per heavy atom. The quantitative estimate of drug-likeness (QED) is 0.890. The molecule has 1 aliphatic rings. The van der Waals surface area contributed by atoms with Gasteiger partial charge in [0, 0.05) is 24.0 Å². The molecule has 0 bridgehead atoms. The Bertz CT molecular complexity index is 564. The maximum atomic E-state index is 12.1. The Morgan fingerprint density at radius 1 is 1.47 bits per heavy atom. The highest BCUT2D eigenvalue weighted by Crippen LogP contribution is 2.20. The second kappa shape index (κ2) is 5.46. The normalized spacial score (nSPS) is 18.4. The van der Waals surface area contributed by atoms with Gasteiger partial charge in [0.2, 0.25) is 5.91 Å². The van der Waals surface area contributed by atoms with E-state index < -0.39 is 0 Å². The molecule has 1 fully saturated rings. The van der Waals surface area contributed by atoms with Crippen molar-refractivity contribution in [1.82, 2.24) is 14.9 Å². The molecule has 3 rings (SSSR count). The summed E-state index contributed by atoms with van der Waals surface area (Å²) in [6.07, 6.45) is 5.29. The number of nitrogens with one attached hydrogen (secondary N) is 2. The van der Waals surface area contributed by atoms with Gasteiger partial charge in [-0.05, 0) is 12.1 Å². The van der Waals surface area contributed by atoms with E-state index in [0.717, 1.165) is 23.0 Å². The highest BCUT2D eigenvalue weighted by Gasteiger charge is 2.23. The van der Waals surface area contributed by atoms with Crippen LogP contribution in [0, 0.1) is 0 Å². The minimum Gasteiger partial charge on any atom is -0.323 e. The van der Waals surface area contributed by atoms with Crippen LogP contribution in [0.25, 0.3) is 5.69 Å². The van der Waals surface area contributed by atoms with Crippen LogP contribution >= 0.6 is 11.8 Å². The summed E-state index contributed by atoms with van der Waals surface area (Å²) in [5, 5.41) is 6.14. The first kappa shape index (κ1) is 12.3. The molecule has 1 aliphatic heterocycles. The van der Waals surface area contributed by atoms with E-state index in [4.69, 9.17) is 0 Å². The minimum absolute atomic E-state index is 0.0116. The van der Waals surface area contributed by atoms with Gasteiger partial charge in [-0.3, -0.25) is 10.1 Å². The summed E-state index contributed by atoms with van der Waals surface area (Å²) < 4.78 is 1.88. The SMILES string of the molecule is O=C(Nc1ccccc1-n1ccnc1)C1CSCN1. The fraction of sp³-hybridized carbons (Fsp3) is 0.231. The molecule has 1 atom stereocenters. The monoisotopic (exact) mass is 274 g/mol. The van der Waals surface area contributed by atoms with E-state index in [9.17, 15) is 4.79 Å². The smallest absolute Gasteiger partial charge is 0.242 e. The van der Waals surface area contributed by atoms with Gasteiger partial charge in [0.1, 0.15) is 0 Å². The number of amides is 1. The molecule has 0 aliphatic carbocycles. The van der Waals surface area contributed by atoms with Crippen LogP contribution in [0.5, 0.6) is 0 Å². The predicted molar refractivity (Wildman–Crippen MR) is 76.4 cm³/mol. The van der Waals surface area contributed by atoms with E-state index in [0.29, 0.717) is 0 Å². The number of para-hydroxylation sites is 2. The molecule has 98 valence electrons. The number of rotatable bonds is 3. The molecule has 1 aromatic heterocycles. The van der Waals surface area contributed by atoms with Gasteiger partial charge >= 0.3 is 0 Å². The maximum Gasteiger partial charge on any atom is 0.242 e. The van der Waals surface area contributed by atoms with Crippen molar-refractivity contribution in [2.45, 2.75) is 6.04 Å². The Hall–Kier alpha value is -1.79. The van der Waals surface area contributed by atoms with Crippen LogP contribution in [0.1, 0.15) is 0 Å². The van der Waals surface area contributed by atoms with E-state index in [2.05, 4.69) is 15.6 Å². The molecular weight excluding hydrogens is 260 g/mol. The zero-order valence-electron chi connectivity index (χ0n) is 10.2. The Morgan fingerprint density at radius 2 is 2.37 bits per heavy atom. The molecule has 2 heterocycles. The number of nitrogens with zero attached hydrogens (tertiary/aromatic N) is 2. The van der Waals surface area contributed by atoms with Crippen LogP contribution in [0.15, 0.2) is 43.0 Å². The summed E-state index contributed by atoms with van der Waals surface area (Å²) in [4.78, 5) is 16.2. The van der Waals surface area contributed by atoms with Crippen LogP contribution in [-0.2, 0) is 4.79 Å². The average Bonchev–Trinajstić information content (AvgIpc) is 3.13. The number of thioether (sulfide) groups is 1. The molecule has 0 spiro atoms. The van der Waals surface area contributed by atoms with Crippen molar-refractivity contribution >= 4 is 23.4 Å². The van der Waals surface area contributed by atoms with Gasteiger partial charge in [-0.15, -0.1) is 11.8 Å². The first-order chi connectivity index (χ1) is 9.34. The van der Waals surface area contributed by atoms with E-state index in [1.807, 2.05) is 35.0 Å². The summed E-state index contributed by atoms with van der Waals surface area (Å²) in [7, 11) is 0. The molecule has 5 nitrogen and oxygen atoms in total. The molecule has 0 radical (unpaired) electrons. The molecule has 6 heteroatoms. The molecule has 0 saturated carbocycles. The molecule has 2 aromatic rings. The second-order valence-corrected chi connectivity index (χ2v) is 5.28. The van der Waals surface area contributed by atoms with Gasteiger partial charge in [-0.2, -0.15) is 0 Å². The van der Waals surface area contributed by atoms with Crippen LogP contribution in [0.3, 0.4) is 0 Å². The molecule has 19 heavy (non-hydrogen) atoms. The van der Waals surface area contributed by atoms with E-state index in [-0.39, 0.29) is 11.9 Å². The summed E-state index contributed by atoms with van der Waals surface area (Å²) in [5.74, 6) is 1.66. The lowest BCUT2D eigenvalue weighted by molar-refractivity contribution is -0.117. The Balaban J connectivity index is 1.83. The van der Waals surface area contributed by atoms with E-state index >= 15 is 0 Å². The number of hydrogen-bond acceptors (Lipinski definition) is 4. The standard InChI is InChI=1S/C13H14N4OS/c18-13(11-7-19-9-15-11)16-10-3-1-2-4-12(10)17-6-5-14-8-17/h1-6,8,11,15H,7,9H2,(H,16,18). The van der Waals surface area contributed by atoms with Gasteiger partial charge < -0.3 is 9.88 Å². The molecule has 1 aromatic carbocycles. The lowest BCUT2D eigenvalue weighted by atomic mass is 10.2. The highest BCUT2D eigenvalue weighted by molar-refractivity contribution is 7.99. The molecule has 1 amide bonds. The molecular formula is C13H14N4OS. The van der Waals surface area contributed by atoms with Gasteiger partial charge in [-0.25, -0.2) is 4.98 Å². The van der Waals surface area contributed by atoms with Crippen molar-refractivity contribution in [2.75, 3.05) is 16.9 Å². The summed E-state index contributed by atoms with van der Waals surface area (Å²) in [5.41, 5.74) is 1.71. The van der Waals surface area contributed by atoms with Crippen molar-refractivity contribution < 1.29 is 4.79 Å². The van der Waals surface area contributed by atoms with Crippen molar-refractivity contribution in [3.63, 3.8) is 0 Å². The van der Waals surface area contributed by atoms with Gasteiger partial charge in [0.05, 0.1) is 23.7 Å². The fourth-order valence-electron chi connectivity index (χ4n) is 1.99. The minimum atomic E-state index is -0.110. The molecule has 1 saturated heterocycles. The van der Waals surface area contributed by atoms with Crippen molar-refractivity contribution in [2.24, 2.45) is 0 Å². The van der Waals surface area contributed by atoms with Crippen molar-refractivity contribution in [3.8, 4) is 5.69 Å². The largest absolute Gasteiger partial charge is 0.323 e. The third-order valence-corrected chi connectivity index (χ3v) is 3.92. The number of hydrogen-bond donors (Lipinski definition) is 2. The third-order valence-electron chi connectivity index (χ3n) is 2.98. The zero-order valence-corrected chi connectivity index (χ0v) is 11.1. The second-order valence-electron chi connectivity index (χ2n) is 4.25. The Labute approximate surface area is 115 Å². The van der Waals surface area contributed by atoms with Crippen LogP contribution in [-0.4, -0.2) is 33.1 Å². The highest BCUT2D eigenvalue weighted by atomic mass is 32.2. The molecule has 1 unspecified atom stereocenters. The lowest BCUT2D eigenvalue weighted by Gasteiger charge is -2.14. The van der Waals surface area contributed by atoms with Crippen molar-refractivity contribution in [1.29, 1.82) is 0 Å². The predicted octanol–water partition coefficient (Wildman–Crippen LogP) is 1.47. The average molecular weight is 274 g/mol. The third kappa shape index (κ3) is 2.64. The van der Waals surface area contributed by atoms with Crippen LogP contribution < -0.4 is 10.6 Å². The number of carbonyl (C=O) groups is 1. The first-order valence-electron chi connectivity index (χ1n) is 6.04.